The number of ether oxygens (including phenoxy) is 2. The number of unbranched alkanes of at least 4 members (excludes halogenated alkanes) is 2. The number of carbonyl (C=O) groups is 3. The molecule has 0 unspecified atom stereocenters. The fourth-order valence-electron chi connectivity index (χ4n) is 4.55. The van der Waals surface area contributed by atoms with E-state index in [0.717, 1.165) is 18.6 Å². The zero-order chi connectivity index (χ0) is 27.5. The molecule has 0 bridgehead atoms. The molecular formula is C30H40N2O5S. The van der Waals surface area contributed by atoms with Crippen molar-refractivity contribution in [2.45, 2.75) is 70.4 Å². The van der Waals surface area contributed by atoms with Gasteiger partial charge in [0.2, 0.25) is 5.91 Å². The van der Waals surface area contributed by atoms with Crippen LogP contribution in [0.2, 0.25) is 0 Å². The van der Waals surface area contributed by atoms with E-state index in [1.54, 1.807) is 11.8 Å². The zero-order valence-corrected chi connectivity index (χ0v) is 23.7. The van der Waals surface area contributed by atoms with Crippen LogP contribution in [0.1, 0.15) is 69.9 Å². The van der Waals surface area contributed by atoms with E-state index in [1.807, 2.05) is 51.3 Å². The molecule has 3 rings (SSSR count). The fourth-order valence-corrected chi connectivity index (χ4v) is 5.02. The highest BCUT2D eigenvalue weighted by atomic mass is 32.2. The monoisotopic (exact) mass is 540 g/mol. The molecule has 2 N–H and O–H groups in total. The van der Waals surface area contributed by atoms with Gasteiger partial charge in [-0.15, -0.1) is 0 Å². The van der Waals surface area contributed by atoms with Crippen LogP contribution >= 0.6 is 11.8 Å². The molecule has 38 heavy (non-hydrogen) atoms. The van der Waals surface area contributed by atoms with Crippen molar-refractivity contribution in [3.63, 3.8) is 0 Å². The number of fused-ring (bicyclic) bond motifs is 3. The minimum absolute atomic E-state index is 0.0343. The molecule has 0 saturated heterocycles. The number of benzene rings is 2. The van der Waals surface area contributed by atoms with Gasteiger partial charge in [-0.25, -0.2) is 9.59 Å². The Morgan fingerprint density at radius 3 is 2.18 bits per heavy atom. The summed E-state index contributed by atoms with van der Waals surface area (Å²) in [5, 5.41) is 5.63. The summed E-state index contributed by atoms with van der Waals surface area (Å²) in [7, 11) is 0. The molecule has 0 radical (unpaired) electrons. The Morgan fingerprint density at radius 1 is 0.947 bits per heavy atom. The van der Waals surface area contributed by atoms with Crippen LogP contribution in [0.5, 0.6) is 0 Å². The number of amides is 2. The molecular weight excluding hydrogens is 500 g/mol. The summed E-state index contributed by atoms with van der Waals surface area (Å²) in [5.74, 6) is 0.233. The molecule has 0 heterocycles. The quantitative estimate of drug-likeness (QED) is 0.251. The number of esters is 1. The van der Waals surface area contributed by atoms with Crippen molar-refractivity contribution in [3.05, 3.63) is 59.7 Å². The van der Waals surface area contributed by atoms with E-state index in [-0.39, 0.29) is 18.4 Å². The van der Waals surface area contributed by atoms with Crippen molar-refractivity contribution in [1.82, 2.24) is 10.6 Å². The normalized spacial score (nSPS) is 13.3. The van der Waals surface area contributed by atoms with E-state index in [1.165, 1.54) is 22.3 Å². The van der Waals surface area contributed by atoms with Gasteiger partial charge in [0, 0.05) is 18.9 Å². The van der Waals surface area contributed by atoms with Gasteiger partial charge in [-0.1, -0.05) is 55.0 Å². The van der Waals surface area contributed by atoms with Crippen LogP contribution in [0.4, 0.5) is 4.79 Å². The maximum absolute atomic E-state index is 12.4. The number of nitrogens with one attached hydrogen (secondary N) is 2. The highest BCUT2D eigenvalue weighted by Crippen LogP contribution is 2.44. The third kappa shape index (κ3) is 8.79. The molecule has 1 aliphatic rings. The molecule has 7 nitrogen and oxygen atoms in total. The Bertz CT molecular complexity index is 1050. The standard InChI is InChI=1S/C30H40N2O5S/c1-30(2,3)37-28(34)26(17-19-38-4)32-27(33)16-6-5-11-18-31-29(35)36-20-25-23-14-9-7-12-21(23)22-13-8-10-15-24(22)25/h7-10,12-15,25-26H,5-6,11,16-20H2,1-4H3,(H,31,35)(H,32,33)/t26-/m0/s1. The van der Waals surface area contributed by atoms with Crippen LogP contribution in [0, 0.1) is 0 Å². The summed E-state index contributed by atoms with van der Waals surface area (Å²) in [5.41, 5.74) is 4.16. The lowest BCUT2D eigenvalue weighted by Crippen LogP contribution is -2.44. The van der Waals surface area contributed by atoms with Crippen molar-refractivity contribution in [3.8, 4) is 11.1 Å². The van der Waals surface area contributed by atoms with Crippen LogP contribution in [0.25, 0.3) is 11.1 Å². The topological polar surface area (TPSA) is 93.7 Å². The van der Waals surface area contributed by atoms with E-state index >= 15 is 0 Å². The van der Waals surface area contributed by atoms with Gasteiger partial charge >= 0.3 is 12.1 Å². The van der Waals surface area contributed by atoms with Gasteiger partial charge < -0.3 is 20.1 Å². The van der Waals surface area contributed by atoms with Gasteiger partial charge in [0.1, 0.15) is 18.2 Å². The summed E-state index contributed by atoms with van der Waals surface area (Å²) in [6, 6.07) is 15.9. The molecule has 8 heteroatoms. The van der Waals surface area contributed by atoms with Crippen LogP contribution in [0.15, 0.2) is 48.5 Å². The first-order valence-electron chi connectivity index (χ1n) is 13.3. The Morgan fingerprint density at radius 2 is 1.58 bits per heavy atom. The van der Waals surface area contributed by atoms with Gasteiger partial charge in [0.05, 0.1) is 0 Å². The number of hydrogen-bond acceptors (Lipinski definition) is 6. The molecule has 0 aromatic heterocycles. The van der Waals surface area contributed by atoms with Gasteiger partial charge in [0.15, 0.2) is 0 Å². The summed E-state index contributed by atoms with van der Waals surface area (Å²) >= 11 is 1.62. The predicted octanol–water partition coefficient (Wildman–Crippen LogP) is 5.67. The molecule has 2 amide bonds. The minimum Gasteiger partial charge on any atom is -0.458 e. The molecule has 0 spiro atoms. The molecule has 2 aromatic rings. The Balaban J connectivity index is 1.33. The third-order valence-corrected chi connectivity index (χ3v) is 6.97. The van der Waals surface area contributed by atoms with E-state index in [0.29, 0.717) is 25.8 Å². The summed E-state index contributed by atoms with van der Waals surface area (Å²) in [4.78, 5) is 37.1. The van der Waals surface area contributed by atoms with Crippen LogP contribution in [0.3, 0.4) is 0 Å². The van der Waals surface area contributed by atoms with Crippen molar-refractivity contribution in [2.24, 2.45) is 0 Å². The lowest BCUT2D eigenvalue weighted by atomic mass is 9.98. The molecule has 0 aliphatic heterocycles. The minimum atomic E-state index is -0.635. The zero-order valence-electron chi connectivity index (χ0n) is 22.9. The van der Waals surface area contributed by atoms with E-state index in [2.05, 4.69) is 34.9 Å². The highest BCUT2D eigenvalue weighted by Gasteiger charge is 2.29. The molecule has 1 aliphatic carbocycles. The second kappa shape index (κ2) is 14.2. The Kier molecular flexibility index (Phi) is 11.1. The lowest BCUT2D eigenvalue weighted by molar-refractivity contribution is -0.158. The maximum Gasteiger partial charge on any atom is 0.407 e. The number of hydrogen-bond donors (Lipinski definition) is 2. The van der Waals surface area contributed by atoms with Crippen LogP contribution < -0.4 is 10.6 Å². The number of thioether (sulfide) groups is 1. The number of rotatable bonds is 13. The van der Waals surface area contributed by atoms with E-state index in [9.17, 15) is 14.4 Å². The molecule has 0 saturated carbocycles. The molecule has 206 valence electrons. The fraction of sp³-hybridized carbons (Fsp3) is 0.500. The molecule has 2 aromatic carbocycles. The van der Waals surface area contributed by atoms with Crippen molar-refractivity contribution < 1.29 is 23.9 Å². The Hall–Kier alpha value is -3.00. The predicted molar refractivity (Wildman–Crippen MR) is 152 cm³/mol. The third-order valence-electron chi connectivity index (χ3n) is 6.33. The first kappa shape index (κ1) is 29.6. The van der Waals surface area contributed by atoms with Crippen LogP contribution in [-0.4, -0.2) is 54.8 Å². The molecule has 0 fully saturated rings. The first-order valence-corrected chi connectivity index (χ1v) is 14.7. The van der Waals surface area contributed by atoms with Crippen molar-refractivity contribution in [1.29, 1.82) is 0 Å². The van der Waals surface area contributed by atoms with Gasteiger partial charge in [-0.2, -0.15) is 11.8 Å². The largest absolute Gasteiger partial charge is 0.458 e. The van der Waals surface area contributed by atoms with Crippen molar-refractivity contribution >= 4 is 29.7 Å². The summed E-state index contributed by atoms with van der Waals surface area (Å²) in [6.45, 7) is 6.21. The average molecular weight is 541 g/mol. The maximum atomic E-state index is 12.4. The SMILES string of the molecule is CSCC[C@H](NC(=O)CCCCCNC(=O)OCC1c2ccccc2-c2ccccc21)C(=O)OC(C)(C)C. The van der Waals surface area contributed by atoms with E-state index in [4.69, 9.17) is 9.47 Å². The van der Waals surface area contributed by atoms with Crippen LogP contribution in [-0.2, 0) is 19.1 Å². The smallest absolute Gasteiger partial charge is 0.407 e. The Labute approximate surface area is 230 Å². The summed E-state index contributed by atoms with van der Waals surface area (Å²) < 4.78 is 11.0. The lowest BCUT2D eigenvalue weighted by Gasteiger charge is -2.24. The van der Waals surface area contributed by atoms with E-state index < -0.39 is 23.7 Å². The second-order valence-corrected chi connectivity index (χ2v) is 11.5. The molecule has 1 atom stereocenters. The number of alkyl carbamates (subject to hydrolysis) is 1. The highest BCUT2D eigenvalue weighted by molar-refractivity contribution is 7.98. The first-order chi connectivity index (χ1) is 18.2. The second-order valence-electron chi connectivity index (χ2n) is 10.5. The van der Waals surface area contributed by atoms with Gasteiger partial charge in [-0.3, -0.25) is 4.79 Å². The van der Waals surface area contributed by atoms with Crippen molar-refractivity contribution in [2.75, 3.05) is 25.2 Å². The average Bonchev–Trinajstić information content (AvgIpc) is 3.20. The number of carbonyl (C=O) groups excluding carboxylic acids is 3. The van der Waals surface area contributed by atoms with Gasteiger partial charge in [0.25, 0.3) is 0 Å². The van der Waals surface area contributed by atoms with Gasteiger partial charge in [-0.05, 0) is 74.3 Å². The summed E-state index contributed by atoms with van der Waals surface area (Å²) in [6.07, 6.45) is 4.57.